The van der Waals surface area contributed by atoms with Crippen molar-refractivity contribution in [3.05, 3.63) is 17.4 Å². The second-order valence-electron chi connectivity index (χ2n) is 5.02. The first kappa shape index (κ1) is 13.2. The van der Waals surface area contributed by atoms with Crippen LogP contribution in [0.5, 0.6) is 0 Å². The van der Waals surface area contributed by atoms with Crippen LogP contribution in [0, 0.1) is 5.41 Å². The summed E-state index contributed by atoms with van der Waals surface area (Å²) in [4.78, 5) is 2.18. The van der Waals surface area contributed by atoms with Gasteiger partial charge in [-0.1, -0.05) is 25.4 Å². The number of rotatable bonds is 5. The molecular weight excluding hydrogens is 224 g/mol. The van der Waals surface area contributed by atoms with Crippen LogP contribution in [0.4, 0.5) is 5.69 Å². The molecule has 1 rings (SSSR count). The van der Waals surface area contributed by atoms with Gasteiger partial charge in [0.1, 0.15) is 0 Å². The molecule has 5 heteroatoms. The quantitative estimate of drug-likeness (QED) is 0.859. The molecule has 0 radical (unpaired) electrons. The molecule has 1 aromatic rings. The number of hydrogen-bond acceptors (Lipinski definition) is 4. The Morgan fingerprint density at radius 2 is 2.12 bits per heavy atom. The van der Waals surface area contributed by atoms with Gasteiger partial charge in [0.2, 0.25) is 0 Å². The number of nitrogens with zero attached hydrogens (tertiary/aromatic N) is 3. The second-order valence-corrected chi connectivity index (χ2v) is 5.41. The molecule has 0 fully saturated rings. The van der Waals surface area contributed by atoms with Crippen molar-refractivity contribution in [1.29, 1.82) is 0 Å². The molecule has 1 N–H and O–H groups in total. The SMILES string of the molecule is CN(C)CC(C)(C)CNc1cnnc(Cl)c1. The average Bonchev–Trinajstić information content (AvgIpc) is 2.13. The summed E-state index contributed by atoms with van der Waals surface area (Å²) in [5.41, 5.74) is 1.10. The molecular formula is C11H19ClN4. The Kier molecular flexibility index (Phi) is 4.50. The van der Waals surface area contributed by atoms with Gasteiger partial charge in [0.05, 0.1) is 11.9 Å². The first-order chi connectivity index (χ1) is 7.39. The van der Waals surface area contributed by atoms with Crippen LogP contribution in [0.2, 0.25) is 5.15 Å². The van der Waals surface area contributed by atoms with Crippen molar-refractivity contribution in [2.75, 3.05) is 32.5 Å². The van der Waals surface area contributed by atoms with Crippen molar-refractivity contribution in [3.8, 4) is 0 Å². The van der Waals surface area contributed by atoms with Crippen LogP contribution in [0.1, 0.15) is 13.8 Å². The Morgan fingerprint density at radius 3 is 2.69 bits per heavy atom. The minimum atomic E-state index is 0.194. The summed E-state index contributed by atoms with van der Waals surface area (Å²) in [5, 5.41) is 11.2. The molecule has 1 aromatic heterocycles. The summed E-state index contributed by atoms with van der Waals surface area (Å²) >= 11 is 5.76. The maximum absolute atomic E-state index is 5.76. The maximum atomic E-state index is 5.76. The summed E-state index contributed by atoms with van der Waals surface area (Å²) in [6.45, 7) is 6.33. The highest BCUT2D eigenvalue weighted by Gasteiger charge is 2.18. The highest BCUT2D eigenvalue weighted by molar-refractivity contribution is 6.29. The van der Waals surface area contributed by atoms with E-state index in [1.807, 2.05) is 0 Å². The lowest BCUT2D eigenvalue weighted by molar-refractivity contribution is 0.254. The molecule has 0 unspecified atom stereocenters. The van der Waals surface area contributed by atoms with Crippen molar-refractivity contribution in [2.24, 2.45) is 5.41 Å². The Balaban J connectivity index is 2.50. The fraction of sp³-hybridized carbons (Fsp3) is 0.636. The molecule has 0 saturated carbocycles. The minimum Gasteiger partial charge on any atom is -0.383 e. The first-order valence-corrected chi connectivity index (χ1v) is 5.64. The largest absolute Gasteiger partial charge is 0.383 e. The van der Waals surface area contributed by atoms with Crippen LogP contribution in [0.3, 0.4) is 0 Å². The minimum absolute atomic E-state index is 0.194. The molecule has 0 bridgehead atoms. The third-order valence-corrected chi connectivity index (χ3v) is 2.32. The van der Waals surface area contributed by atoms with Crippen molar-refractivity contribution in [1.82, 2.24) is 15.1 Å². The van der Waals surface area contributed by atoms with Crippen LogP contribution < -0.4 is 5.32 Å². The van der Waals surface area contributed by atoms with E-state index in [1.165, 1.54) is 0 Å². The standard InChI is InChI=1S/C11H19ClN4/c1-11(2,8-16(3)4)7-13-9-5-10(12)15-14-6-9/h5-6H,7-8H2,1-4H3,(H,13,15). The summed E-state index contributed by atoms with van der Waals surface area (Å²) in [7, 11) is 4.15. The van der Waals surface area contributed by atoms with Crippen LogP contribution in [-0.2, 0) is 0 Å². The molecule has 90 valence electrons. The summed E-state index contributed by atoms with van der Waals surface area (Å²) in [6.07, 6.45) is 1.68. The smallest absolute Gasteiger partial charge is 0.153 e. The molecule has 0 spiro atoms. The van der Waals surface area contributed by atoms with Gasteiger partial charge in [0, 0.05) is 19.2 Å². The number of nitrogens with one attached hydrogen (secondary N) is 1. The van der Waals surface area contributed by atoms with Crippen molar-refractivity contribution >= 4 is 17.3 Å². The summed E-state index contributed by atoms with van der Waals surface area (Å²) in [6, 6.07) is 1.78. The van der Waals surface area contributed by atoms with Gasteiger partial charge < -0.3 is 10.2 Å². The van der Waals surface area contributed by atoms with Gasteiger partial charge in [-0.3, -0.25) is 0 Å². The molecule has 0 aliphatic rings. The molecule has 0 aliphatic carbocycles. The molecule has 0 aromatic carbocycles. The van der Waals surface area contributed by atoms with E-state index >= 15 is 0 Å². The van der Waals surface area contributed by atoms with E-state index in [1.54, 1.807) is 12.3 Å². The van der Waals surface area contributed by atoms with E-state index in [0.29, 0.717) is 5.15 Å². The third-order valence-electron chi connectivity index (χ3n) is 2.14. The highest BCUT2D eigenvalue weighted by Crippen LogP contribution is 2.18. The van der Waals surface area contributed by atoms with Gasteiger partial charge in [-0.2, -0.15) is 5.10 Å². The van der Waals surface area contributed by atoms with E-state index in [0.717, 1.165) is 18.8 Å². The van der Waals surface area contributed by atoms with E-state index in [9.17, 15) is 0 Å². The van der Waals surface area contributed by atoms with Crippen LogP contribution in [-0.4, -0.2) is 42.3 Å². The molecule has 0 aliphatic heterocycles. The molecule has 0 amide bonds. The van der Waals surface area contributed by atoms with E-state index in [-0.39, 0.29) is 5.41 Å². The predicted molar refractivity (Wildman–Crippen MR) is 67.9 cm³/mol. The van der Waals surface area contributed by atoms with E-state index < -0.39 is 0 Å². The normalized spacial score (nSPS) is 11.9. The van der Waals surface area contributed by atoms with Gasteiger partial charge in [-0.25, -0.2) is 0 Å². The molecule has 4 nitrogen and oxygen atoms in total. The first-order valence-electron chi connectivity index (χ1n) is 5.26. The van der Waals surface area contributed by atoms with Gasteiger partial charge in [-0.15, -0.1) is 5.10 Å². The number of anilines is 1. The summed E-state index contributed by atoms with van der Waals surface area (Å²) < 4.78 is 0. The van der Waals surface area contributed by atoms with Gasteiger partial charge >= 0.3 is 0 Å². The fourth-order valence-corrected chi connectivity index (χ4v) is 1.85. The zero-order valence-electron chi connectivity index (χ0n) is 10.3. The monoisotopic (exact) mass is 242 g/mol. The lowest BCUT2D eigenvalue weighted by atomic mass is 9.93. The number of halogens is 1. The second kappa shape index (κ2) is 5.46. The Hall–Kier alpha value is -0.870. The molecule has 0 atom stereocenters. The van der Waals surface area contributed by atoms with Crippen molar-refractivity contribution < 1.29 is 0 Å². The van der Waals surface area contributed by atoms with Crippen molar-refractivity contribution in [3.63, 3.8) is 0 Å². The highest BCUT2D eigenvalue weighted by atomic mass is 35.5. The maximum Gasteiger partial charge on any atom is 0.153 e. The average molecular weight is 243 g/mol. The van der Waals surface area contributed by atoms with Crippen LogP contribution in [0.15, 0.2) is 12.3 Å². The molecule has 1 heterocycles. The zero-order valence-corrected chi connectivity index (χ0v) is 11.0. The van der Waals surface area contributed by atoms with Gasteiger partial charge in [0.15, 0.2) is 5.15 Å². The van der Waals surface area contributed by atoms with Gasteiger partial charge in [-0.05, 0) is 19.5 Å². The lowest BCUT2D eigenvalue weighted by Gasteiger charge is -2.28. The van der Waals surface area contributed by atoms with Crippen LogP contribution in [0.25, 0.3) is 0 Å². The summed E-state index contributed by atoms with van der Waals surface area (Å²) in [5.74, 6) is 0. The lowest BCUT2D eigenvalue weighted by Crippen LogP contribution is -2.34. The zero-order chi connectivity index (χ0) is 12.2. The Labute approximate surface area is 102 Å². The third kappa shape index (κ3) is 4.77. The van der Waals surface area contributed by atoms with Crippen molar-refractivity contribution in [2.45, 2.75) is 13.8 Å². The predicted octanol–water partition coefficient (Wildman–Crippen LogP) is 2.13. The Morgan fingerprint density at radius 1 is 1.44 bits per heavy atom. The number of aromatic nitrogens is 2. The number of hydrogen-bond donors (Lipinski definition) is 1. The van der Waals surface area contributed by atoms with Crippen LogP contribution >= 0.6 is 11.6 Å². The van der Waals surface area contributed by atoms with E-state index in [4.69, 9.17) is 11.6 Å². The van der Waals surface area contributed by atoms with Gasteiger partial charge in [0.25, 0.3) is 0 Å². The molecule has 0 saturated heterocycles. The Bertz CT molecular complexity index is 339. The topological polar surface area (TPSA) is 41.0 Å². The molecule has 16 heavy (non-hydrogen) atoms. The fourth-order valence-electron chi connectivity index (χ4n) is 1.69. The van der Waals surface area contributed by atoms with E-state index in [2.05, 4.69) is 48.4 Å².